The molecule has 0 aliphatic carbocycles. The summed E-state index contributed by atoms with van der Waals surface area (Å²) in [4.78, 5) is 1.11. The zero-order chi connectivity index (χ0) is 12.2. The van der Waals surface area contributed by atoms with Gasteiger partial charge < -0.3 is 10.5 Å². The number of hydrogen-bond acceptors (Lipinski definition) is 3. The highest BCUT2D eigenvalue weighted by atomic mass is 35.5. The van der Waals surface area contributed by atoms with Gasteiger partial charge in [0.1, 0.15) is 6.10 Å². The smallest absolute Gasteiger partial charge is 0.104 e. The molecule has 1 rings (SSSR count). The molecule has 0 aliphatic heterocycles. The second kappa shape index (κ2) is 6.01. The van der Waals surface area contributed by atoms with Crippen LogP contribution in [-0.4, -0.2) is 13.2 Å². The van der Waals surface area contributed by atoms with Crippen molar-refractivity contribution < 1.29 is 4.74 Å². The number of ether oxygens (including phenoxy) is 1. The van der Waals surface area contributed by atoms with E-state index in [0.29, 0.717) is 12.0 Å². The summed E-state index contributed by atoms with van der Waals surface area (Å²) in [6.45, 7) is 7.85. The summed E-state index contributed by atoms with van der Waals surface area (Å²) < 4.78 is 6.58. The average molecular weight is 262 g/mol. The van der Waals surface area contributed by atoms with Crippen LogP contribution in [0.2, 0.25) is 4.34 Å². The Morgan fingerprint density at radius 3 is 2.56 bits per heavy atom. The van der Waals surface area contributed by atoms with Crippen LogP contribution in [-0.2, 0) is 4.74 Å². The Hall–Kier alpha value is -0.0900. The maximum absolute atomic E-state index is 5.89. The number of hydrogen-bond donors (Lipinski definition) is 1. The van der Waals surface area contributed by atoms with Gasteiger partial charge in [-0.25, -0.2) is 0 Å². The van der Waals surface area contributed by atoms with Crippen LogP contribution in [0.3, 0.4) is 0 Å². The highest BCUT2D eigenvalue weighted by Crippen LogP contribution is 2.29. The second-order valence-corrected chi connectivity index (χ2v) is 6.79. The lowest BCUT2D eigenvalue weighted by atomic mass is 9.93. The molecule has 0 bridgehead atoms. The first-order valence-corrected chi connectivity index (χ1v) is 6.69. The quantitative estimate of drug-likeness (QED) is 0.874. The molecule has 0 radical (unpaired) electrons. The number of thiophene rings is 1. The maximum Gasteiger partial charge on any atom is 0.104 e. The van der Waals surface area contributed by atoms with Crippen LogP contribution in [0.25, 0.3) is 0 Å². The molecule has 1 atom stereocenters. The van der Waals surface area contributed by atoms with E-state index in [1.807, 2.05) is 12.1 Å². The Bertz CT molecular complexity index is 319. The molecular weight excluding hydrogens is 242 g/mol. The minimum absolute atomic E-state index is 0.0140. The average Bonchev–Trinajstić information content (AvgIpc) is 2.58. The summed E-state index contributed by atoms with van der Waals surface area (Å²) in [6, 6.07) is 3.87. The van der Waals surface area contributed by atoms with Crippen molar-refractivity contribution in [3.05, 3.63) is 21.3 Å². The Labute approximate surface area is 107 Å². The summed E-state index contributed by atoms with van der Waals surface area (Å²) in [6.07, 6.45) is 1.02. The zero-order valence-electron chi connectivity index (χ0n) is 10.1. The van der Waals surface area contributed by atoms with Crippen LogP contribution in [0.4, 0.5) is 0 Å². The third-order valence-electron chi connectivity index (χ3n) is 2.30. The Kier molecular flexibility index (Phi) is 5.25. The van der Waals surface area contributed by atoms with Gasteiger partial charge in [0.2, 0.25) is 0 Å². The Morgan fingerprint density at radius 1 is 1.44 bits per heavy atom. The van der Waals surface area contributed by atoms with Crippen molar-refractivity contribution in [1.82, 2.24) is 0 Å². The van der Waals surface area contributed by atoms with E-state index in [1.165, 1.54) is 11.3 Å². The molecule has 0 amide bonds. The number of nitrogens with two attached hydrogens (primary N) is 1. The van der Waals surface area contributed by atoms with Crippen molar-refractivity contribution in [2.24, 2.45) is 11.1 Å². The van der Waals surface area contributed by atoms with E-state index in [0.717, 1.165) is 22.2 Å². The van der Waals surface area contributed by atoms with Gasteiger partial charge in [-0.3, -0.25) is 0 Å². The van der Waals surface area contributed by atoms with Crippen molar-refractivity contribution >= 4 is 22.9 Å². The molecule has 1 aromatic heterocycles. The summed E-state index contributed by atoms with van der Waals surface area (Å²) in [5.41, 5.74) is 6.00. The third-order valence-corrected chi connectivity index (χ3v) is 3.62. The fourth-order valence-electron chi connectivity index (χ4n) is 1.28. The molecule has 0 fully saturated rings. The van der Waals surface area contributed by atoms with Crippen molar-refractivity contribution in [3.8, 4) is 0 Å². The Morgan fingerprint density at radius 2 is 2.12 bits per heavy atom. The lowest BCUT2D eigenvalue weighted by Gasteiger charge is -2.20. The van der Waals surface area contributed by atoms with Gasteiger partial charge >= 0.3 is 0 Å². The minimum atomic E-state index is -0.0140. The molecule has 92 valence electrons. The van der Waals surface area contributed by atoms with E-state index in [-0.39, 0.29) is 6.10 Å². The summed E-state index contributed by atoms with van der Waals surface area (Å²) in [7, 11) is 0. The van der Waals surface area contributed by atoms with Crippen molar-refractivity contribution in [2.45, 2.75) is 33.3 Å². The molecule has 0 aliphatic rings. The normalized spacial score (nSPS) is 14.1. The van der Waals surface area contributed by atoms with Crippen molar-refractivity contribution in [2.75, 3.05) is 13.2 Å². The monoisotopic (exact) mass is 261 g/mol. The highest BCUT2D eigenvalue weighted by Gasteiger charge is 2.15. The van der Waals surface area contributed by atoms with Crippen LogP contribution in [0.5, 0.6) is 0 Å². The molecule has 0 saturated carbocycles. The minimum Gasteiger partial charge on any atom is -0.371 e. The topological polar surface area (TPSA) is 35.2 Å². The summed E-state index contributed by atoms with van der Waals surface area (Å²) >= 11 is 7.43. The van der Waals surface area contributed by atoms with Gasteiger partial charge in [0, 0.05) is 18.0 Å². The van der Waals surface area contributed by atoms with E-state index in [4.69, 9.17) is 22.1 Å². The maximum atomic E-state index is 5.89. The van der Waals surface area contributed by atoms with E-state index in [1.54, 1.807) is 0 Å². The molecular formula is C12H20ClNOS. The van der Waals surface area contributed by atoms with Gasteiger partial charge in [0.25, 0.3) is 0 Å². The zero-order valence-corrected chi connectivity index (χ0v) is 11.7. The molecule has 16 heavy (non-hydrogen) atoms. The van der Waals surface area contributed by atoms with Gasteiger partial charge in [0.05, 0.1) is 4.34 Å². The van der Waals surface area contributed by atoms with Gasteiger partial charge in [-0.1, -0.05) is 32.4 Å². The summed E-state index contributed by atoms with van der Waals surface area (Å²) in [5, 5.41) is 0. The molecule has 0 spiro atoms. The van der Waals surface area contributed by atoms with E-state index in [9.17, 15) is 0 Å². The van der Waals surface area contributed by atoms with Crippen LogP contribution in [0.15, 0.2) is 12.1 Å². The van der Waals surface area contributed by atoms with Crippen LogP contribution < -0.4 is 5.73 Å². The lowest BCUT2D eigenvalue weighted by Crippen LogP contribution is -2.17. The molecule has 2 nitrogen and oxygen atoms in total. The van der Waals surface area contributed by atoms with Crippen LogP contribution >= 0.6 is 22.9 Å². The predicted molar refractivity (Wildman–Crippen MR) is 71.1 cm³/mol. The first-order chi connectivity index (χ1) is 7.42. The van der Waals surface area contributed by atoms with Crippen molar-refractivity contribution in [1.29, 1.82) is 0 Å². The van der Waals surface area contributed by atoms with Gasteiger partial charge in [0.15, 0.2) is 0 Å². The second-order valence-electron chi connectivity index (χ2n) is 5.05. The van der Waals surface area contributed by atoms with Gasteiger partial charge in [-0.05, 0) is 24.0 Å². The van der Waals surface area contributed by atoms with Crippen LogP contribution in [0.1, 0.15) is 38.2 Å². The third kappa shape index (κ3) is 4.83. The summed E-state index contributed by atoms with van der Waals surface area (Å²) in [5.74, 6) is 0. The van der Waals surface area contributed by atoms with E-state index in [2.05, 4.69) is 20.8 Å². The fraction of sp³-hybridized carbons (Fsp3) is 0.667. The number of halogens is 1. The first kappa shape index (κ1) is 14.0. The standard InChI is InChI=1S/C12H20ClNOS/c1-12(2,3)6-7-15-9(8-14)10-4-5-11(13)16-10/h4-5,9H,6-8,14H2,1-3H3. The number of rotatable bonds is 5. The molecule has 2 N–H and O–H groups in total. The van der Waals surface area contributed by atoms with Gasteiger partial charge in [-0.2, -0.15) is 0 Å². The highest BCUT2D eigenvalue weighted by molar-refractivity contribution is 7.16. The molecule has 0 aromatic carbocycles. The molecule has 4 heteroatoms. The van der Waals surface area contributed by atoms with E-state index < -0.39 is 0 Å². The SMILES string of the molecule is CC(C)(C)CCOC(CN)c1ccc(Cl)s1. The van der Waals surface area contributed by atoms with Gasteiger partial charge in [-0.15, -0.1) is 11.3 Å². The fourth-order valence-corrected chi connectivity index (χ4v) is 2.40. The lowest BCUT2D eigenvalue weighted by molar-refractivity contribution is 0.0444. The Balaban J connectivity index is 2.44. The van der Waals surface area contributed by atoms with Crippen molar-refractivity contribution in [3.63, 3.8) is 0 Å². The molecule has 1 aromatic rings. The predicted octanol–water partition coefficient (Wildman–Crippen LogP) is 3.85. The van der Waals surface area contributed by atoms with E-state index >= 15 is 0 Å². The molecule has 1 unspecified atom stereocenters. The molecule has 1 heterocycles. The molecule has 0 saturated heterocycles. The first-order valence-electron chi connectivity index (χ1n) is 5.49. The largest absolute Gasteiger partial charge is 0.371 e. The van der Waals surface area contributed by atoms with Crippen LogP contribution in [0, 0.1) is 5.41 Å².